The molecular weight excluding hydrogens is 122 g/mol. The smallest absolute Gasteiger partial charge is 0.0206 e. The van der Waals surface area contributed by atoms with Crippen molar-refractivity contribution in [3.05, 3.63) is 12.2 Å². The van der Waals surface area contributed by atoms with Crippen molar-refractivity contribution < 1.29 is 0 Å². The second kappa shape index (κ2) is 5.21. The molecule has 1 aliphatic rings. The number of nitrogens with one attached hydrogen (secondary N) is 1. The molecule has 1 rings (SSSR count). The molecule has 0 aliphatic heterocycles. The zero-order valence-corrected chi connectivity index (χ0v) is 6.98. The average Bonchev–Trinajstić information content (AvgIpc) is 2.70. The summed E-state index contributed by atoms with van der Waals surface area (Å²) in [5.74, 6) is 0.428. The second-order valence-electron chi connectivity index (χ2n) is 2.93. The molecule has 0 heterocycles. The van der Waals surface area contributed by atoms with Crippen LogP contribution in [0.1, 0.15) is 33.1 Å². The van der Waals surface area contributed by atoms with E-state index in [9.17, 15) is 0 Å². The van der Waals surface area contributed by atoms with Crippen LogP contribution in [0.25, 0.3) is 0 Å². The first-order valence-corrected chi connectivity index (χ1v) is 3.87. The highest BCUT2D eigenvalue weighted by molar-refractivity contribution is 5.75. The van der Waals surface area contributed by atoms with Crippen LogP contribution in [0.2, 0.25) is 0 Å². The van der Waals surface area contributed by atoms with Crippen LogP contribution in [-0.2, 0) is 0 Å². The third-order valence-electron chi connectivity index (χ3n) is 1.28. The monoisotopic (exact) mass is 139 g/mol. The predicted molar refractivity (Wildman–Crippen MR) is 46.6 cm³/mol. The molecule has 1 nitrogen and oxygen atoms in total. The van der Waals surface area contributed by atoms with Gasteiger partial charge in [-0.05, 0) is 11.5 Å². The first kappa shape index (κ1) is 9.41. The van der Waals surface area contributed by atoms with Gasteiger partial charge in [0.1, 0.15) is 0 Å². The number of hydrogen-bond donors (Lipinski definition) is 1. The van der Waals surface area contributed by atoms with E-state index >= 15 is 0 Å². The van der Waals surface area contributed by atoms with E-state index in [1.54, 1.807) is 0 Å². The lowest BCUT2D eigenvalue weighted by molar-refractivity contribution is 0.809. The average molecular weight is 139 g/mol. The van der Waals surface area contributed by atoms with Gasteiger partial charge in [-0.25, -0.2) is 0 Å². The fourth-order valence-corrected chi connectivity index (χ4v) is 0.167. The molecule has 1 aliphatic carbocycles. The van der Waals surface area contributed by atoms with Crippen molar-refractivity contribution in [1.82, 2.24) is 0 Å². The van der Waals surface area contributed by atoms with Crippen molar-refractivity contribution >= 4 is 6.21 Å². The van der Waals surface area contributed by atoms with Gasteiger partial charge < -0.3 is 5.41 Å². The van der Waals surface area contributed by atoms with Crippen LogP contribution in [-0.4, -0.2) is 6.21 Å². The minimum atomic E-state index is 0.428. The minimum absolute atomic E-state index is 0.428. The quantitative estimate of drug-likeness (QED) is 0.569. The first-order valence-electron chi connectivity index (χ1n) is 3.87. The molecule has 0 aromatic carbocycles. The third-order valence-corrected chi connectivity index (χ3v) is 1.28. The van der Waals surface area contributed by atoms with Crippen LogP contribution >= 0.6 is 0 Å². The topological polar surface area (TPSA) is 23.9 Å². The Kier molecular flexibility index (Phi) is 4.91. The molecule has 0 radical (unpaired) electrons. The molecule has 1 saturated carbocycles. The second-order valence-corrected chi connectivity index (χ2v) is 2.93. The van der Waals surface area contributed by atoms with Gasteiger partial charge in [-0.1, -0.05) is 39.7 Å². The Morgan fingerprint density at radius 1 is 1.40 bits per heavy atom. The molecule has 0 unspecified atom stereocenters. The van der Waals surface area contributed by atoms with Gasteiger partial charge in [-0.15, -0.1) is 0 Å². The van der Waals surface area contributed by atoms with E-state index in [2.05, 4.69) is 6.58 Å². The van der Waals surface area contributed by atoms with Crippen LogP contribution in [0.4, 0.5) is 0 Å². The fourth-order valence-electron chi connectivity index (χ4n) is 0.167. The van der Waals surface area contributed by atoms with E-state index in [-0.39, 0.29) is 0 Å². The summed E-state index contributed by atoms with van der Waals surface area (Å²) in [6.45, 7) is 7.67. The SMILES string of the molecule is C1CC1.C=C(C=N)C(C)C. The van der Waals surface area contributed by atoms with Crippen molar-refractivity contribution in [2.24, 2.45) is 5.92 Å². The Morgan fingerprint density at radius 2 is 1.80 bits per heavy atom. The molecule has 10 heavy (non-hydrogen) atoms. The maximum Gasteiger partial charge on any atom is 0.0206 e. The summed E-state index contributed by atoms with van der Waals surface area (Å²) in [6.07, 6.45) is 5.80. The summed E-state index contributed by atoms with van der Waals surface area (Å²) in [5, 5.41) is 6.71. The van der Waals surface area contributed by atoms with Crippen molar-refractivity contribution in [3.63, 3.8) is 0 Å². The molecule has 1 heteroatoms. The fraction of sp³-hybridized carbons (Fsp3) is 0.667. The van der Waals surface area contributed by atoms with Crippen LogP contribution in [0.3, 0.4) is 0 Å². The van der Waals surface area contributed by atoms with Crippen LogP contribution in [0.15, 0.2) is 12.2 Å². The molecule has 0 amide bonds. The molecule has 0 spiro atoms. The van der Waals surface area contributed by atoms with Gasteiger partial charge in [0.2, 0.25) is 0 Å². The maximum atomic E-state index is 6.71. The van der Waals surface area contributed by atoms with Crippen molar-refractivity contribution in [2.45, 2.75) is 33.1 Å². The van der Waals surface area contributed by atoms with E-state index in [0.717, 1.165) is 5.57 Å². The summed E-state index contributed by atoms with van der Waals surface area (Å²) in [4.78, 5) is 0. The molecule has 0 aromatic heterocycles. The normalized spacial score (nSPS) is 13.5. The summed E-state index contributed by atoms with van der Waals surface area (Å²) in [7, 11) is 0. The van der Waals surface area contributed by atoms with Gasteiger partial charge in [0, 0.05) is 6.21 Å². The van der Waals surface area contributed by atoms with E-state index < -0.39 is 0 Å². The van der Waals surface area contributed by atoms with Crippen LogP contribution in [0, 0.1) is 11.3 Å². The highest BCUT2D eigenvalue weighted by Gasteiger charge is 1.95. The summed E-state index contributed by atoms with van der Waals surface area (Å²) in [6, 6.07) is 0. The first-order chi connectivity index (χ1) is 4.68. The highest BCUT2D eigenvalue weighted by atomic mass is 14.3. The standard InChI is InChI=1S/C6H11N.C3H6/c1-5(2)6(3)4-7;1-2-3-1/h4-5,7H,3H2,1-2H3;1-3H2. The lowest BCUT2D eigenvalue weighted by Gasteiger charge is -1.98. The van der Waals surface area contributed by atoms with Gasteiger partial charge >= 0.3 is 0 Å². The number of allylic oxidation sites excluding steroid dienone is 1. The lowest BCUT2D eigenvalue weighted by Crippen LogP contribution is -1.90. The van der Waals surface area contributed by atoms with E-state index in [4.69, 9.17) is 5.41 Å². The molecule has 0 atom stereocenters. The maximum absolute atomic E-state index is 6.71. The van der Waals surface area contributed by atoms with Crippen LogP contribution in [0.5, 0.6) is 0 Å². The van der Waals surface area contributed by atoms with Gasteiger partial charge in [-0.3, -0.25) is 0 Å². The number of hydrogen-bond acceptors (Lipinski definition) is 1. The molecule has 1 fully saturated rings. The van der Waals surface area contributed by atoms with Gasteiger partial charge in [0.15, 0.2) is 0 Å². The molecule has 1 N–H and O–H groups in total. The van der Waals surface area contributed by atoms with E-state index in [1.165, 1.54) is 25.5 Å². The Morgan fingerprint density at radius 3 is 1.80 bits per heavy atom. The predicted octanol–water partition coefficient (Wildman–Crippen LogP) is 3.02. The summed E-state index contributed by atoms with van der Waals surface area (Å²) < 4.78 is 0. The highest BCUT2D eigenvalue weighted by Crippen LogP contribution is 2.14. The van der Waals surface area contributed by atoms with Crippen molar-refractivity contribution in [3.8, 4) is 0 Å². The van der Waals surface area contributed by atoms with Crippen molar-refractivity contribution in [2.75, 3.05) is 0 Å². The minimum Gasteiger partial charge on any atom is -0.308 e. The summed E-state index contributed by atoms with van der Waals surface area (Å²) >= 11 is 0. The largest absolute Gasteiger partial charge is 0.308 e. The van der Waals surface area contributed by atoms with E-state index in [1.807, 2.05) is 13.8 Å². The molecular formula is C9H17N. The third kappa shape index (κ3) is 7.41. The van der Waals surface area contributed by atoms with Gasteiger partial charge in [0.25, 0.3) is 0 Å². The molecule has 0 saturated heterocycles. The zero-order valence-electron chi connectivity index (χ0n) is 6.98. The lowest BCUT2D eigenvalue weighted by atomic mass is 10.1. The Labute approximate surface area is 63.7 Å². The summed E-state index contributed by atoms with van der Waals surface area (Å²) in [5.41, 5.74) is 0.889. The molecule has 0 bridgehead atoms. The van der Waals surface area contributed by atoms with Crippen molar-refractivity contribution in [1.29, 1.82) is 5.41 Å². The van der Waals surface area contributed by atoms with E-state index in [0.29, 0.717) is 5.92 Å². The van der Waals surface area contributed by atoms with Gasteiger partial charge in [-0.2, -0.15) is 0 Å². The Balaban J connectivity index is 0.000000219. The molecule has 58 valence electrons. The van der Waals surface area contributed by atoms with Gasteiger partial charge in [0.05, 0.1) is 0 Å². The Bertz CT molecular complexity index is 109. The zero-order chi connectivity index (χ0) is 7.98. The van der Waals surface area contributed by atoms with Crippen LogP contribution < -0.4 is 0 Å². The molecule has 0 aromatic rings. The number of rotatable bonds is 2. The Hall–Kier alpha value is -0.590.